The van der Waals surface area contributed by atoms with E-state index in [1.165, 1.54) is 0 Å². The van der Waals surface area contributed by atoms with Crippen LogP contribution in [0.3, 0.4) is 0 Å². The number of nitrogens with two attached hydrogens (primary N) is 1. The van der Waals surface area contributed by atoms with Crippen molar-refractivity contribution < 1.29 is 39.3 Å². The van der Waals surface area contributed by atoms with E-state index in [2.05, 4.69) is 23.3 Å². The molecule has 0 bridgehead atoms. The molecule has 11 nitrogen and oxygen atoms in total. The maximum absolute atomic E-state index is 11.5. The van der Waals surface area contributed by atoms with Crippen molar-refractivity contribution >= 4 is 42.4 Å². The predicted molar refractivity (Wildman–Crippen MR) is 84.6 cm³/mol. The number of rotatable bonds is 9. The van der Waals surface area contributed by atoms with Crippen LogP contribution in [0.4, 0.5) is 0 Å². The SMILES string of the molecule is CC(=O)O.N[C@@H](CCC(=O)N[C@@H](CS)C(=O)NCC(=O)O)C(=O)O. The second-order valence-electron chi connectivity index (χ2n) is 4.42. The minimum atomic E-state index is -1.22. The summed E-state index contributed by atoms with van der Waals surface area (Å²) in [6, 6.07) is -2.15. The number of carbonyl (C=O) groups is 5. The third-order valence-electron chi connectivity index (χ3n) is 2.25. The first-order valence-corrected chi connectivity index (χ1v) is 7.22. The maximum atomic E-state index is 11.5. The normalized spacial score (nSPS) is 12.0. The van der Waals surface area contributed by atoms with Gasteiger partial charge in [-0.15, -0.1) is 0 Å². The molecule has 7 N–H and O–H groups in total. The highest BCUT2D eigenvalue weighted by Gasteiger charge is 2.20. The van der Waals surface area contributed by atoms with Gasteiger partial charge in [-0.2, -0.15) is 12.6 Å². The molecule has 2 atom stereocenters. The topological polar surface area (TPSA) is 196 Å². The van der Waals surface area contributed by atoms with Crippen molar-refractivity contribution in [3.8, 4) is 0 Å². The Morgan fingerprint density at radius 2 is 1.62 bits per heavy atom. The first-order chi connectivity index (χ1) is 11.0. The molecule has 0 aliphatic heterocycles. The molecular formula is C12H21N3O8S. The van der Waals surface area contributed by atoms with E-state index in [0.717, 1.165) is 6.92 Å². The van der Waals surface area contributed by atoms with Crippen molar-refractivity contribution in [1.82, 2.24) is 10.6 Å². The molecule has 0 aromatic rings. The molecule has 0 aliphatic rings. The summed E-state index contributed by atoms with van der Waals surface area (Å²) in [4.78, 5) is 52.7. The average Bonchev–Trinajstić information content (AvgIpc) is 2.46. The fourth-order valence-corrected chi connectivity index (χ4v) is 1.41. The summed E-state index contributed by atoms with van der Waals surface area (Å²) in [5.74, 6) is -4.54. The van der Waals surface area contributed by atoms with E-state index in [4.69, 9.17) is 25.8 Å². The minimum Gasteiger partial charge on any atom is -0.481 e. The van der Waals surface area contributed by atoms with Gasteiger partial charge in [-0.25, -0.2) is 0 Å². The van der Waals surface area contributed by atoms with Crippen LogP contribution in [-0.2, 0) is 24.0 Å². The molecule has 0 heterocycles. The molecule has 0 aliphatic carbocycles. The quantitative estimate of drug-likeness (QED) is 0.223. The van der Waals surface area contributed by atoms with Crippen LogP contribution in [0, 0.1) is 0 Å². The molecule has 0 aromatic heterocycles. The van der Waals surface area contributed by atoms with E-state index in [9.17, 15) is 19.2 Å². The molecule has 0 spiro atoms. The highest BCUT2D eigenvalue weighted by molar-refractivity contribution is 7.80. The Kier molecular flexibility index (Phi) is 13.1. The van der Waals surface area contributed by atoms with Gasteiger partial charge >= 0.3 is 11.9 Å². The molecule has 138 valence electrons. The van der Waals surface area contributed by atoms with Crippen molar-refractivity contribution in [2.24, 2.45) is 5.73 Å². The van der Waals surface area contributed by atoms with Crippen molar-refractivity contribution in [3.05, 3.63) is 0 Å². The molecular weight excluding hydrogens is 346 g/mol. The Labute approximate surface area is 143 Å². The maximum Gasteiger partial charge on any atom is 0.322 e. The number of amides is 2. The Balaban J connectivity index is 0. The van der Waals surface area contributed by atoms with Crippen LogP contribution in [-0.4, -0.2) is 69.4 Å². The minimum absolute atomic E-state index is 0.0256. The van der Waals surface area contributed by atoms with Crippen LogP contribution in [0.5, 0.6) is 0 Å². The van der Waals surface area contributed by atoms with E-state index in [1.807, 2.05) is 0 Å². The number of nitrogens with one attached hydrogen (secondary N) is 2. The molecule has 0 radical (unpaired) electrons. The van der Waals surface area contributed by atoms with Gasteiger partial charge in [-0.05, 0) is 6.42 Å². The van der Waals surface area contributed by atoms with Crippen LogP contribution < -0.4 is 16.4 Å². The summed E-state index contributed by atoms with van der Waals surface area (Å²) in [5, 5.41) is 28.8. The largest absolute Gasteiger partial charge is 0.481 e. The third kappa shape index (κ3) is 14.6. The predicted octanol–water partition coefficient (Wildman–Crippen LogP) is -2.12. The Morgan fingerprint density at radius 3 is 2.00 bits per heavy atom. The highest BCUT2D eigenvalue weighted by atomic mass is 32.1. The van der Waals surface area contributed by atoms with Gasteiger partial charge in [0.25, 0.3) is 5.97 Å². The molecule has 0 saturated carbocycles. The van der Waals surface area contributed by atoms with Gasteiger partial charge in [-0.1, -0.05) is 0 Å². The zero-order chi connectivity index (χ0) is 19.3. The fourth-order valence-electron chi connectivity index (χ4n) is 1.16. The Morgan fingerprint density at radius 1 is 1.12 bits per heavy atom. The van der Waals surface area contributed by atoms with Crippen LogP contribution in [0.1, 0.15) is 19.8 Å². The highest BCUT2D eigenvalue weighted by Crippen LogP contribution is 1.97. The van der Waals surface area contributed by atoms with Crippen LogP contribution >= 0.6 is 12.6 Å². The summed E-state index contributed by atoms with van der Waals surface area (Å²) in [7, 11) is 0. The molecule has 12 heteroatoms. The molecule has 2 amide bonds. The van der Waals surface area contributed by atoms with Crippen LogP contribution in [0.25, 0.3) is 0 Å². The van der Waals surface area contributed by atoms with Crippen LogP contribution in [0.2, 0.25) is 0 Å². The van der Waals surface area contributed by atoms with Crippen molar-refractivity contribution in [2.75, 3.05) is 12.3 Å². The van der Waals surface area contributed by atoms with Gasteiger partial charge in [-0.3, -0.25) is 24.0 Å². The molecule has 0 aromatic carbocycles. The van der Waals surface area contributed by atoms with E-state index in [-0.39, 0.29) is 18.6 Å². The number of carboxylic acid groups (broad SMARTS) is 3. The van der Waals surface area contributed by atoms with E-state index in [0.29, 0.717) is 0 Å². The summed E-state index contributed by atoms with van der Waals surface area (Å²) in [6.07, 6.45) is -0.235. The Bertz CT molecular complexity index is 467. The number of hydrogen-bond acceptors (Lipinski definition) is 7. The van der Waals surface area contributed by atoms with E-state index in [1.54, 1.807) is 0 Å². The van der Waals surface area contributed by atoms with Gasteiger partial charge in [0.15, 0.2) is 0 Å². The number of carboxylic acids is 3. The van der Waals surface area contributed by atoms with Gasteiger partial charge in [0.05, 0.1) is 0 Å². The number of aliphatic carboxylic acids is 3. The third-order valence-corrected chi connectivity index (χ3v) is 2.61. The van der Waals surface area contributed by atoms with Crippen molar-refractivity contribution in [1.29, 1.82) is 0 Å². The second kappa shape index (κ2) is 13.1. The molecule has 24 heavy (non-hydrogen) atoms. The number of hydrogen-bond donors (Lipinski definition) is 7. The second-order valence-corrected chi connectivity index (χ2v) is 4.78. The number of thiol groups is 1. The van der Waals surface area contributed by atoms with E-state index < -0.39 is 48.4 Å². The smallest absolute Gasteiger partial charge is 0.322 e. The Hall–Kier alpha value is -2.34. The van der Waals surface area contributed by atoms with Crippen LogP contribution in [0.15, 0.2) is 0 Å². The van der Waals surface area contributed by atoms with Gasteiger partial charge in [0.1, 0.15) is 18.6 Å². The van der Waals surface area contributed by atoms with Gasteiger partial charge < -0.3 is 31.7 Å². The fraction of sp³-hybridized carbons (Fsp3) is 0.583. The number of carbonyl (C=O) groups excluding carboxylic acids is 2. The molecule has 0 fully saturated rings. The van der Waals surface area contributed by atoms with Crippen molar-refractivity contribution in [2.45, 2.75) is 31.8 Å². The summed E-state index contributed by atoms with van der Waals surface area (Å²) < 4.78 is 0. The standard InChI is InChI=1S/C10H17N3O6S.C2H4O2/c11-5(10(18)19)1-2-7(14)13-6(4-20)9(17)12-3-8(15)16;1-2(3)4/h5-6,20H,1-4,11H2,(H,12,17)(H,13,14)(H,15,16)(H,18,19);1H3,(H,3,4)/t5-,6-;/m0./s1. The lowest BCUT2D eigenvalue weighted by atomic mass is 10.1. The van der Waals surface area contributed by atoms with E-state index >= 15 is 0 Å². The monoisotopic (exact) mass is 367 g/mol. The van der Waals surface area contributed by atoms with Gasteiger partial charge in [0.2, 0.25) is 11.8 Å². The zero-order valence-corrected chi connectivity index (χ0v) is 13.8. The summed E-state index contributed by atoms with van der Waals surface area (Å²) >= 11 is 3.87. The molecule has 0 rings (SSSR count). The first kappa shape index (κ1) is 23.9. The van der Waals surface area contributed by atoms with Gasteiger partial charge in [0, 0.05) is 19.1 Å². The van der Waals surface area contributed by atoms with Crippen molar-refractivity contribution in [3.63, 3.8) is 0 Å². The lowest BCUT2D eigenvalue weighted by Crippen LogP contribution is -2.49. The summed E-state index contributed by atoms with van der Waals surface area (Å²) in [5.41, 5.74) is 5.23. The molecule has 0 unspecified atom stereocenters. The lowest BCUT2D eigenvalue weighted by molar-refractivity contribution is -0.139. The first-order valence-electron chi connectivity index (χ1n) is 6.58. The molecule has 0 saturated heterocycles. The average molecular weight is 367 g/mol. The summed E-state index contributed by atoms with van der Waals surface area (Å²) in [6.45, 7) is 0.517. The lowest BCUT2D eigenvalue weighted by Gasteiger charge is -2.16. The zero-order valence-electron chi connectivity index (χ0n) is 12.9.